The predicted octanol–water partition coefficient (Wildman–Crippen LogP) is 2.33. The molecule has 2 atom stereocenters. The topological polar surface area (TPSA) is 33.1 Å². The molecular weight excluding hydrogens is 236 g/mol. The molecule has 0 amide bonds. The molecule has 1 saturated carbocycles. The minimum Gasteiger partial charge on any atom is -0.339 e. The van der Waals surface area contributed by atoms with Crippen molar-refractivity contribution >= 4 is 5.95 Å². The Kier molecular flexibility index (Phi) is 2.79. The maximum Gasteiger partial charge on any atom is 0.205 e. The van der Waals surface area contributed by atoms with E-state index in [1.165, 1.54) is 44.5 Å². The van der Waals surface area contributed by atoms with Crippen LogP contribution in [-0.4, -0.2) is 34.2 Å². The normalized spacial score (nSPS) is 33.6. The molecule has 104 valence electrons. The Morgan fingerprint density at radius 1 is 1.26 bits per heavy atom. The standard InChI is InChI=1S/C15H24N4/c1-2-18(14-9-11-3-4-12(10-14)17-11)15-16-7-8-19(15)13-5-6-13/h7-8,11-14,17H,2-6,9-10H2,1H3. The molecule has 3 fully saturated rings. The van der Waals surface area contributed by atoms with Crippen LogP contribution < -0.4 is 10.2 Å². The van der Waals surface area contributed by atoms with Crippen LogP contribution in [0.1, 0.15) is 51.5 Å². The first kappa shape index (κ1) is 11.8. The molecule has 2 unspecified atom stereocenters. The molecule has 3 aliphatic rings. The minimum absolute atomic E-state index is 0.684. The van der Waals surface area contributed by atoms with E-state index in [4.69, 9.17) is 0 Å². The Hall–Kier alpha value is -1.03. The van der Waals surface area contributed by atoms with Gasteiger partial charge in [0.1, 0.15) is 0 Å². The predicted molar refractivity (Wildman–Crippen MR) is 76.5 cm³/mol. The van der Waals surface area contributed by atoms with Crippen LogP contribution in [0.15, 0.2) is 12.4 Å². The van der Waals surface area contributed by atoms with E-state index in [9.17, 15) is 0 Å². The van der Waals surface area contributed by atoms with Crippen molar-refractivity contribution in [2.45, 2.75) is 69.6 Å². The molecule has 0 spiro atoms. The summed E-state index contributed by atoms with van der Waals surface area (Å²) in [5, 5.41) is 3.74. The van der Waals surface area contributed by atoms with Crippen molar-refractivity contribution in [1.82, 2.24) is 14.9 Å². The Bertz CT molecular complexity index is 439. The average Bonchev–Trinajstić information content (AvgIpc) is 3.07. The van der Waals surface area contributed by atoms with Crippen molar-refractivity contribution < 1.29 is 0 Å². The molecule has 4 rings (SSSR count). The van der Waals surface area contributed by atoms with Crippen molar-refractivity contribution in [1.29, 1.82) is 0 Å². The lowest BCUT2D eigenvalue weighted by Crippen LogP contribution is -2.49. The highest BCUT2D eigenvalue weighted by atomic mass is 15.3. The van der Waals surface area contributed by atoms with Crippen molar-refractivity contribution in [2.24, 2.45) is 0 Å². The molecule has 0 aromatic carbocycles. The Labute approximate surface area is 115 Å². The molecule has 1 aromatic heterocycles. The summed E-state index contributed by atoms with van der Waals surface area (Å²) in [6.07, 6.45) is 12.1. The number of nitrogens with zero attached hydrogens (tertiary/aromatic N) is 3. The van der Waals surface area contributed by atoms with Crippen molar-refractivity contribution in [3.8, 4) is 0 Å². The van der Waals surface area contributed by atoms with Gasteiger partial charge in [-0.3, -0.25) is 0 Å². The number of fused-ring (bicyclic) bond motifs is 2. The van der Waals surface area contributed by atoms with Gasteiger partial charge in [0.25, 0.3) is 0 Å². The lowest BCUT2D eigenvalue weighted by Gasteiger charge is -2.38. The van der Waals surface area contributed by atoms with Crippen LogP contribution in [0.25, 0.3) is 0 Å². The van der Waals surface area contributed by atoms with Gasteiger partial charge in [0.15, 0.2) is 0 Å². The number of aromatic nitrogens is 2. The van der Waals surface area contributed by atoms with Crippen LogP contribution in [0.5, 0.6) is 0 Å². The second-order valence-electron chi connectivity index (χ2n) is 6.41. The third-order valence-corrected chi connectivity index (χ3v) is 5.08. The van der Waals surface area contributed by atoms with Gasteiger partial charge in [-0.15, -0.1) is 0 Å². The van der Waals surface area contributed by atoms with Crippen LogP contribution in [0.3, 0.4) is 0 Å². The molecule has 3 heterocycles. The molecule has 2 saturated heterocycles. The van der Waals surface area contributed by atoms with Crippen LogP contribution in [0.2, 0.25) is 0 Å². The second kappa shape index (κ2) is 4.51. The third-order valence-electron chi connectivity index (χ3n) is 5.08. The zero-order valence-corrected chi connectivity index (χ0v) is 11.8. The number of anilines is 1. The van der Waals surface area contributed by atoms with Gasteiger partial charge in [-0.05, 0) is 45.4 Å². The Morgan fingerprint density at radius 3 is 2.63 bits per heavy atom. The summed E-state index contributed by atoms with van der Waals surface area (Å²) in [4.78, 5) is 7.22. The van der Waals surface area contributed by atoms with Crippen molar-refractivity contribution in [2.75, 3.05) is 11.4 Å². The summed E-state index contributed by atoms with van der Waals surface area (Å²) in [6.45, 7) is 3.35. The van der Waals surface area contributed by atoms with Gasteiger partial charge in [0.05, 0.1) is 0 Å². The number of piperidine rings is 1. The first-order valence-corrected chi connectivity index (χ1v) is 7.90. The first-order valence-electron chi connectivity index (χ1n) is 7.90. The summed E-state index contributed by atoms with van der Waals surface area (Å²) in [5.41, 5.74) is 0. The number of hydrogen-bond acceptors (Lipinski definition) is 3. The van der Waals surface area contributed by atoms with E-state index in [0.717, 1.165) is 24.7 Å². The Balaban J connectivity index is 1.58. The molecule has 19 heavy (non-hydrogen) atoms. The van der Waals surface area contributed by atoms with E-state index >= 15 is 0 Å². The van der Waals surface area contributed by atoms with E-state index in [-0.39, 0.29) is 0 Å². The van der Waals surface area contributed by atoms with Gasteiger partial charge in [-0.25, -0.2) is 4.98 Å². The number of rotatable bonds is 4. The third kappa shape index (κ3) is 2.06. The SMILES string of the molecule is CCN(c1nccn1C1CC1)C1CC2CCC(C1)N2. The maximum absolute atomic E-state index is 4.66. The van der Waals surface area contributed by atoms with E-state index in [1.54, 1.807) is 0 Å². The summed E-state index contributed by atoms with van der Waals surface area (Å²) >= 11 is 0. The Morgan fingerprint density at radius 2 is 2.00 bits per heavy atom. The summed E-state index contributed by atoms with van der Waals surface area (Å²) < 4.78 is 2.41. The fourth-order valence-corrected chi connectivity index (χ4v) is 4.01. The van der Waals surface area contributed by atoms with E-state index in [1.807, 2.05) is 6.20 Å². The lowest BCUT2D eigenvalue weighted by molar-refractivity contribution is 0.345. The summed E-state index contributed by atoms with van der Waals surface area (Å²) in [6, 6.07) is 2.91. The number of hydrogen-bond donors (Lipinski definition) is 1. The molecule has 2 aliphatic heterocycles. The van der Waals surface area contributed by atoms with E-state index < -0.39 is 0 Å². The molecular formula is C15H24N4. The van der Waals surface area contributed by atoms with Crippen molar-refractivity contribution in [3.05, 3.63) is 12.4 Å². The fourth-order valence-electron chi connectivity index (χ4n) is 4.01. The van der Waals surface area contributed by atoms with Gasteiger partial charge >= 0.3 is 0 Å². The summed E-state index contributed by atoms with van der Waals surface area (Å²) in [7, 11) is 0. The first-order chi connectivity index (χ1) is 9.35. The smallest absolute Gasteiger partial charge is 0.205 e. The monoisotopic (exact) mass is 260 g/mol. The molecule has 1 aromatic rings. The molecule has 1 N–H and O–H groups in total. The van der Waals surface area contributed by atoms with Crippen LogP contribution in [0, 0.1) is 0 Å². The van der Waals surface area contributed by atoms with Crippen LogP contribution >= 0.6 is 0 Å². The van der Waals surface area contributed by atoms with Crippen LogP contribution in [-0.2, 0) is 0 Å². The molecule has 4 nitrogen and oxygen atoms in total. The lowest BCUT2D eigenvalue weighted by atomic mass is 9.98. The van der Waals surface area contributed by atoms with E-state index in [2.05, 4.69) is 32.9 Å². The van der Waals surface area contributed by atoms with E-state index in [0.29, 0.717) is 6.04 Å². The molecule has 0 radical (unpaired) electrons. The summed E-state index contributed by atoms with van der Waals surface area (Å²) in [5.74, 6) is 1.22. The fraction of sp³-hybridized carbons (Fsp3) is 0.800. The van der Waals surface area contributed by atoms with Gasteiger partial charge in [-0.2, -0.15) is 0 Å². The maximum atomic E-state index is 4.66. The number of nitrogens with one attached hydrogen (secondary N) is 1. The van der Waals surface area contributed by atoms with Gasteiger partial charge in [0, 0.05) is 43.1 Å². The van der Waals surface area contributed by atoms with Gasteiger partial charge < -0.3 is 14.8 Å². The second-order valence-corrected chi connectivity index (χ2v) is 6.41. The quantitative estimate of drug-likeness (QED) is 0.902. The van der Waals surface area contributed by atoms with Gasteiger partial charge in [-0.1, -0.05) is 0 Å². The zero-order valence-electron chi connectivity index (χ0n) is 11.8. The molecule has 4 heteroatoms. The highest BCUT2D eigenvalue weighted by Gasteiger charge is 2.37. The number of imidazole rings is 1. The van der Waals surface area contributed by atoms with Gasteiger partial charge in [0.2, 0.25) is 5.95 Å². The zero-order chi connectivity index (χ0) is 12.8. The highest BCUT2D eigenvalue weighted by molar-refractivity contribution is 5.35. The van der Waals surface area contributed by atoms with Crippen molar-refractivity contribution in [3.63, 3.8) is 0 Å². The molecule has 2 bridgehead atoms. The average molecular weight is 260 g/mol. The van der Waals surface area contributed by atoms with Crippen LogP contribution in [0.4, 0.5) is 5.95 Å². The minimum atomic E-state index is 0.684. The highest BCUT2D eigenvalue weighted by Crippen LogP contribution is 2.39. The molecule has 1 aliphatic carbocycles. The largest absolute Gasteiger partial charge is 0.339 e.